The maximum Gasteiger partial charge on any atom is 0.491 e. The number of benzene rings is 1. The summed E-state index contributed by atoms with van der Waals surface area (Å²) < 4.78 is 20.8. The molecular formula is C16H19BFN3O3. The van der Waals surface area contributed by atoms with Gasteiger partial charge in [0.15, 0.2) is 0 Å². The van der Waals surface area contributed by atoms with Crippen LogP contribution in [0.25, 0.3) is 5.69 Å². The maximum absolute atomic E-state index is 14.3. The third kappa shape index (κ3) is 3.34. The summed E-state index contributed by atoms with van der Waals surface area (Å²) >= 11 is 0. The number of halogens is 1. The van der Waals surface area contributed by atoms with Gasteiger partial charge in [0.1, 0.15) is 17.8 Å². The second-order valence-electron chi connectivity index (χ2n) is 6.27. The molecule has 1 aromatic carbocycles. The van der Waals surface area contributed by atoms with E-state index in [2.05, 4.69) is 24.1 Å². The lowest BCUT2D eigenvalue weighted by Crippen LogP contribution is -2.28. The average Bonchev–Trinajstić information content (AvgIpc) is 3.14. The molecule has 0 fully saturated rings. The van der Waals surface area contributed by atoms with E-state index in [1.165, 1.54) is 29.2 Å². The third-order valence-corrected chi connectivity index (χ3v) is 3.97. The molecule has 6 nitrogen and oxygen atoms in total. The number of amides is 1. The Morgan fingerprint density at radius 1 is 1.54 bits per heavy atom. The smallest absolute Gasteiger partial charge is 0.423 e. The molecule has 8 heteroatoms. The highest BCUT2D eigenvalue weighted by Crippen LogP contribution is 2.18. The minimum Gasteiger partial charge on any atom is -0.423 e. The fourth-order valence-corrected chi connectivity index (χ4v) is 2.57. The first kappa shape index (κ1) is 16.7. The standard InChI is InChI=1S/C16H19BFN3O3/c1-10(2)3-4-19-16(22)14-7-21(9-20-14)15-6-12-11(5-13(15)18)8-24-17(12)23/h5-7,9-10,23H,3-4,8H2,1-2H3,(H,19,22). The van der Waals surface area contributed by atoms with E-state index in [9.17, 15) is 14.2 Å². The fraction of sp³-hybridized carbons (Fsp3) is 0.375. The number of imidazole rings is 1. The number of carbonyl (C=O) groups is 1. The molecule has 0 aliphatic carbocycles. The normalized spacial score (nSPS) is 13.5. The largest absolute Gasteiger partial charge is 0.491 e. The summed E-state index contributed by atoms with van der Waals surface area (Å²) in [6.07, 6.45) is 3.73. The summed E-state index contributed by atoms with van der Waals surface area (Å²) in [5, 5.41) is 12.5. The molecule has 0 saturated carbocycles. The van der Waals surface area contributed by atoms with Crippen LogP contribution in [-0.2, 0) is 11.3 Å². The number of aromatic nitrogens is 2. The highest BCUT2D eigenvalue weighted by atomic mass is 19.1. The Labute approximate surface area is 139 Å². The molecule has 0 bridgehead atoms. The van der Waals surface area contributed by atoms with Gasteiger partial charge in [-0.25, -0.2) is 9.37 Å². The lowest BCUT2D eigenvalue weighted by atomic mass is 9.79. The molecule has 1 aliphatic rings. The average molecular weight is 331 g/mol. The van der Waals surface area contributed by atoms with Gasteiger partial charge in [-0.15, -0.1) is 0 Å². The summed E-state index contributed by atoms with van der Waals surface area (Å²) in [5.74, 6) is -0.257. The van der Waals surface area contributed by atoms with E-state index in [0.717, 1.165) is 6.42 Å². The highest BCUT2D eigenvalue weighted by molar-refractivity contribution is 6.61. The van der Waals surface area contributed by atoms with E-state index in [0.29, 0.717) is 23.5 Å². The molecule has 2 aromatic rings. The van der Waals surface area contributed by atoms with Crippen molar-refractivity contribution < 1.29 is 18.9 Å². The number of nitrogens with one attached hydrogen (secondary N) is 1. The van der Waals surface area contributed by atoms with Crippen molar-refractivity contribution in [3.8, 4) is 5.69 Å². The van der Waals surface area contributed by atoms with Gasteiger partial charge in [-0.3, -0.25) is 4.79 Å². The molecule has 2 N–H and O–H groups in total. The van der Waals surface area contributed by atoms with E-state index >= 15 is 0 Å². The first-order chi connectivity index (χ1) is 11.5. The van der Waals surface area contributed by atoms with E-state index in [1.54, 1.807) is 0 Å². The third-order valence-electron chi connectivity index (χ3n) is 3.97. The minimum absolute atomic E-state index is 0.182. The SMILES string of the molecule is CC(C)CCNC(=O)c1cn(-c2cc3c(cc2F)COB3O)cn1. The maximum atomic E-state index is 14.3. The van der Waals surface area contributed by atoms with Gasteiger partial charge in [-0.1, -0.05) is 13.8 Å². The molecule has 1 aromatic heterocycles. The quantitative estimate of drug-likeness (QED) is 0.802. The number of hydrogen-bond acceptors (Lipinski definition) is 4. The Kier molecular flexibility index (Phi) is 4.68. The highest BCUT2D eigenvalue weighted by Gasteiger charge is 2.29. The van der Waals surface area contributed by atoms with Crippen molar-refractivity contribution >= 4 is 18.5 Å². The molecule has 126 valence electrons. The van der Waals surface area contributed by atoms with Crippen LogP contribution >= 0.6 is 0 Å². The van der Waals surface area contributed by atoms with Crippen LogP contribution in [-0.4, -0.2) is 34.1 Å². The number of fused-ring (bicyclic) bond motifs is 1. The first-order valence-electron chi connectivity index (χ1n) is 7.90. The lowest BCUT2D eigenvalue weighted by Gasteiger charge is -2.07. The van der Waals surface area contributed by atoms with Gasteiger partial charge in [0.05, 0.1) is 12.3 Å². The lowest BCUT2D eigenvalue weighted by molar-refractivity contribution is 0.0947. The predicted molar refractivity (Wildman–Crippen MR) is 87.7 cm³/mol. The summed E-state index contributed by atoms with van der Waals surface area (Å²) in [7, 11) is -1.05. The number of nitrogens with zero attached hydrogens (tertiary/aromatic N) is 2. The molecule has 3 rings (SSSR count). The van der Waals surface area contributed by atoms with Gasteiger partial charge in [-0.2, -0.15) is 0 Å². The van der Waals surface area contributed by atoms with Crippen LogP contribution in [0.2, 0.25) is 0 Å². The van der Waals surface area contributed by atoms with E-state index in [1.807, 2.05) is 0 Å². The van der Waals surface area contributed by atoms with Crippen molar-refractivity contribution in [1.29, 1.82) is 0 Å². The van der Waals surface area contributed by atoms with Gasteiger partial charge >= 0.3 is 7.12 Å². The van der Waals surface area contributed by atoms with E-state index in [-0.39, 0.29) is 23.9 Å². The van der Waals surface area contributed by atoms with Crippen LogP contribution in [0.5, 0.6) is 0 Å². The molecule has 0 spiro atoms. The Morgan fingerprint density at radius 3 is 3.08 bits per heavy atom. The Hall–Kier alpha value is -2.19. The summed E-state index contributed by atoms with van der Waals surface area (Å²) in [4.78, 5) is 16.1. The Balaban J connectivity index is 1.79. The number of hydrogen-bond donors (Lipinski definition) is 2. The van der Waals surface area contributed by atoms with Crippen molar-refractivity contribution in [3.05, 3.63) is 41.7 Å². The summed E-state index contributed by atoms with van der Waals surface area (Å²) in [6, 6.07) is 2.85. The topological polar surface area (TPSA) is 76.4 Å². The fourth-order valence-electron chi connectivity index (χ4n) is 2.57. The summed E-state index contributed by atoms with van der Waals surface area (Å²) in [5.41, 5.74) is 1.58. The number of rotatable bonds is 5. The summed E-state index contributed by atoms with van der Waals surface area (Å²) in [6.45, 7) is 4.91. The van der Waals surface area contributed by atoms with Crippen LogP contribution < -0.4 is 10.8 Å². The first-order valence-corrected chi connectivity index (χ1v) is 7.90. The molecule has 1 aliphatic heterocycles. The zero-order chi connectivity index (χ0) is 17.3. The van der Waals surface area contributed by atoms with Gasteiger partial charge < -0.3 is 19.6 Å². The van der Waals surface area contributed by atoms with Crippen molar-refractivity contribution in [3.63, 3.8) is 0 Å². The monoisotopic (exact) mass is 331 g/mol. The molecule has 1 amide bonds. The minimum atomic E-state index is -1.05. The van der Waals surface area contributed by atoms with Crippen LogP contribution in [0.1, 0.15) is 36.3 Å². The van der Waals surface area contributed by atoms with Gasteiger partial charge in [-0.05, 0) is 35.5 Å². The molecule has 0 unspecified atom stereocenters. The van der Waals surface area contributed by atoms with Gasteiger partial charge in [0.25, 0.3) is 5.91 Å². The van der Waals surface area contributed by atoms with Gasteiger partial charge in [0, 0.05) is 12.7 Å². The Bertz CT molecular complexity index is 763. The van der Waals surface area contributed by atoms with Crippen molar-refractivity contribution in [2.75, 3.05) is 6.54 Å². The second-order valence-corrected chi connectivity index (χ2v) is 6.27. The van der Waals surface area contributed by atoms with Crippen LogP contribution in [0.15, 0.2) is 24.7 Å². The van der Waals surface area contributed by atoms with Crippen molar-refractivity contribution in [2.45, 2.75) is 26.9 Å². The van der Waals surface area contributed by atoms with Gasteiger partial charge in [0.2, 0.25) is 0 Å². The zero-order valence-corrected chi connectivity index (χ0v) is 13.6. The van der Waals surface area contributed by atoms with Crippen LogP contribution in [0.3, 0.4) is 0 Å². The van der Waals surface area contributed by atoms with E-state index < -0.39 is 12.9 Å². The molecule has 24 heavy (non-hydrogen) atoms. The molecule has 2 heterocycles. The van der Waals surface area contributed by atoms with Crippen LogP contribution in [0, 0.1) is 11.7 Å². The molecule has 0 radical (unpaired) electrons. The van der Waals surface area contributed by atoms with E-state index in [4.69, 9.17) is 4.65 Å². The predicted octanol–water partition coefficient (Wildman–Crippen LogP) is 1.00. The Morgan fingerprint density at radius 2 is 2.33 bits per heavy atom. The van der Waals surface area contributed by atoms with Crippen molar-refractivity contribution in [1.82, 2.24) is 14.9 Å². The molecule has 0 saturated heterocycles. The van der Waals surface area contributed by atoms with Crippen LogP contribution in [0.4, 0.5) is 4.39 Å². The zero-order valence-electron chi connectivity index (χ0n) is 13.6. The molecular weight excluding hydrogens is 312 g/mol. The number of carbonyl (C=O) groups excluding carboxylic acids is 1. The van der Waals surface area contributed by atoms with Crippen molar-refractivity contribution in [2.24, 2.45) is 5.92 Å². The molecule has 0 atom stereocenters. The second kappa shape index (κ2) is 6.74.